The Balaban J connectivity index is 1.67. The number of carboxylic acid groups (broad SMARTS) is 1. The van der Waals surface area contributed by atoms with E-state index in [1.54, 1.807) is 0 Å². The molecule has 2 aromatic heterocycles. The third-order valence-corrected chi connectivity index (χ3v) is 4.73. The van der Waals surface area contributed by atoms with E-state index in [1.165, 1.54) is 30.5 Å². The quantitative estimate of drug-likeness (QED) is 0.406. The van der Waals surface area contributed by atoms with Gasteiger partial charge < -0.3 is 10.4 Å². The Bertz CT molecular complexity index is 1320. The lowest BCUT2D eigenvalue weighted by molar-refractivity contribution is -0.145. The van der Waals surface area contributed by atoms with Crippen LogP contribution in [0.2, 0.25) is 5.02 Å². The molecule has 2 heterocycles. The smallest absolute Gasteiger partial charge is 0.450 e. The lowest BCUT2D eigenvalue weighted by Gasteiger charge is -2.11. The number of aromatic nitrogens is 4. The first kappa shape index (κ1) is 21.5. The van der Waals surface area contributed by atoms with Crippen molar-refractivity contribution in [2.24, 2.45) is 0 Å². The zero-order chi connectivity index (χ0) is 23.0. The number of benzene rings is 2. The normalized spacial score (nSPS) is 11.7. The number of nitrogens with zero attached hydrogens (tertiary/aromatic N) is 4. The van der Waals surface area contributed by atoms with E-state index >= 15 is 0 Å². The van der Waals surface area contributed by atoms with Gasteiger partial charge in [-0.15, -0.1) is 0 Å². The molecular weight excluding hydrogens is 454 g/mol. The van der Waals surface area contributed by atoms with E-state index in [2.05, 4.69) is 20.3 Å². The van der Waals surface area contributed by atoms with Crippen molar-refractivity contribution in [3.63, 3.8) is 0 Å². The van der Waals surface area contributed by atoms with Crippen LogP contribution in [0.4, 0.5) is 23.4 Å². The number of anilines is 1. The number of carboxylic acids is 1. The summed E-state index contributed by atoms with van der Waals surface area (Å²) in [5.41, 5.74) is -0.0228. The zero-order valence-electron chi connectivity index (χ0n) is 15.9. The Morgan fingerprint density at radius 1 is 1.12 bits per heavy atom. The van der Waals surface area contributed by atoms with Crippen LogP contribution >= 0.6 is 11.6 Å². The number of hydrogen-bond donors (Lipinski definition) is 2. The van der Waals surface area contributed by atoms with Gasteiger partial charge in [0, 0.05) is 17.1 Å². The standard InChI is InChI=1S/C20H12ClF4N5O2/c21-12-3-1-11(13(22)6-12)7-26-16-8-28-17(9-27-16)30-15-4-2-10(18(31)32)5-14(15)29-19(30)20(23,24)25/h1-6,8-9H,7H2,(H,26,27)(H,31,32). The number of fused-ring (bicyclic) bond motifs is 1. The molecule has 0 saturated carbocycles. The van der Waals surface area contributed by atoms with Crippen molar-refractivity contribution >= 4 is 34.4 Å². The van der Waals surface area contributed by atoms with Crippen molar-refractivity contribution in [3.8, 4) is 5.82 Å². The van der Waals surface area contributed by atoms with E-state index in [0.29, 0.717) is 5.56 Å². The SMILES string of the molecule is O=C(O)c1ccc2c(c1)nc(C(F)(F)F)n2-c1cnc(NCc2ccc(Cl)cc2F)cn1. The van der Waals surface area contributed by atoms with Crippen molar-refractivity contribution in [1.29, 1.82) is 0 Å². The lowest BCUT2D eigenvalue weighted by Crippen LogP contribution is -2.15. The van der Waals surface area contributed by atoms with Crippen molar-refractivity contribution in [2.45, 2.75) is 12.7 Å². The second-order valence-corrected chi connectivity index (χ2v) is 7.06. The predicted molar refractivity (Wildman–Crippen MR) is 107 cm³/mol. The molecule has 0 fully saturated rings. The summed E-state index contributed by atoms with van der Waals surface area (Å²) in [6, 6.07) is 7.62. The molecule has 164 valence electrons. The summed E-state index contributed by atoms with van der Waals surface area (Å²) >= 11 is 5.71. The van der Waals surface area contributed by atoms with Crippen LogP contribution < -0.4 is 5.32 Å². The molecule has 0 radical (unpaired) electrons. The van der Waals surface area contributed by atoms with Gasteiger partial charge in [-0.1, -0.05) is 17.7 Å². The third kappa shape index (κ3) is 4.19. The van der Waals surface area contributed by atoms with Crippen molar-refractivity contribution in [2.75, 3.05) is 5.32 Å². The van der Waals surface area contributed by atoms with Crippen LogP contribution in [0.25, 0.3) is 16.9 Å². The van der Waals surface area contributed by atoms with Gasteiger partial charge in [0.25, 0.3) is 0 Å². The maximum atomic E-state index is 13.9. The average molecular weight is 466 g/mol. The maximum Gasteiger partial charge on any atom is 0.450 e. The number of imidazole rings is 1. The van der Waals surface area contributed by atoms with E-state index in [4.69, 9.17) is 16.7 Å². The number of hydrogen-bond acceptors (Lipinski definition) is 5. The molecule has 0 saturated heterocycles. The van der Waals surface area contributed by atoms with Gasteiger partial charge >= 0.3 is 12.1 Å². The molecule has 32 heavy (non-hydrogen) atoms. The first-order valence-corrected chi connectivity index (χ1v) is 9.34. The molecule has 2 aromatic carbocycles. The molecule has 2 N–H and O–H groups in total. The number of aromatic carboxylic acids is 1. The number of carbonyl (C=O) groups is 1. The Kier molecular flexibility index (Phi) is 5.43. The fraction of sp³-hybridized carbons (Fsp3) is 0.100. The largest absolute Gasteiger partial charge is 0.478 e. The van der Waals surface area contributed by atoms with Gasteiger partial charge in [0.1, 0.15) is 11.6 Å². The number of nitrogens with one attached hydrogen (secondary N) is 1. The summed E-state index contributed by atoms with van der Waals surface area (Å²) < 4.78 is 55.4. The first-order valence-electron chi connectivity index (χ1n) is 8.96. The number of halogens is 5. The molecule has 4 aromatic rings. The minimum absolute atomic E-state index is 0.0144. The summed E-state index contributed by atoms with van der Waals surface area (Å²) in [5, 5.41) is 12.2. The van der Waals surface area contributed by atoms with E-state index in [-0.39, 0.29) is 39.8 Å². The summed E-state index contributed by atoms with van der Waals surface area (Å²) in [7, 11) is 0. The van der Waals surface area contributed by atoms with Crippen LogP contribution in [0, 0.1) is 5.82 Å². The fourth-order valence-electron chi connectivity index (χ4n) is 3.01. The molecule has 0 unspecified atom stereocenters. The summed E-state index contributed by atoms with van der Waals surface area (Å²) in [5.74, 6) is -3.05. The van der Waals surface area contributed by atoms with Crippen LogP contribution in [0.5, 0.6) is 0 Å². The van der Waals surface area contributed by atoms with Crippen LogP contribution in [0.1, 0.15) is 21.7 Å². The summed E-state index contributed by atoms with van der Waals surface area (Å²) in [6.07, 6.45) is -2.53. The van der Waals surface area contributed by atoms with Crippen molar-refractivity contribution < 1.29 is 27.5 Å². The van der Waals surface area contributed by atoms with Crippen LogP contribution in [0.3, 0.4) is 0 Å². The Labute approximate surface area is 182 Å². The van der Waals surface area contributed by atoms with E-state index in [0.717, 1.165) is 22.9 Å². The molecule has 7 nitrogen and oxygen atoms in total. The van der Waals surface area contributed by atoms with Gasteiger partial charge in [-0.3, -0.25) is 4.57 Å². The molecule has 0 aliphatic carbocycles. The molecule has 0 aliphatic heterocycles. The Morgan fingerprint density at radius 3 is 2.53 bits per heavy atom. The van der Waals surface area contributed by atoms with Gasteiger partial charge in [0.05, 0.1) is 29.0 Å². The number of alkyl halides is 3. The topological polar surface area (TPSA) is 92.9 Å². The van der Waals surface area contributed by atoms with E-state index < -0.39 is 23.8 Å². The highest BCUT2D eigenvalue weighted by molar-refractivity contribution is 6.30. The third-order valence-electron chi connectivity index (χ3n) is 4.50. The molecule has 0 bridgehead atoms. The van der Waals surface area contributed by atoms with Gasteiger partial charge in [-0.2, -0.15) is 13.2 Å². The van der Waals surface area contributed by atoms with E-state index in [1.807, 2.05) is 0 Å². The Hall–Kier alpha value is -3.73. The van der Waals surface area contributed by atoms with Crippen LogP contribution in [-0.2, 0) is 12.7 Å². The molecular formula is C20H12ClF4N5O2. The highest BCUT2D eigenvalue weighted by atomic mass is 35.5. The minimum Gasteiger partial charge on any atom is -0.478 e. The molecule has 0 amide bonds. The van der Waals surface area contributed by atoms with Gasteiger partial charge in [-0.05, 0) is 30.3 Å². The van der Waals surface area contributed by atoms with Gasteiger partial charge in [0.2, 0.25) is 5.82 Å². The Morgan fingerprint density at radius 2 is 1.91 bits per heavy atom. The molecule has 0 aliphatic rings. The monoisotopic (exact) mass is 465 g/mol. The van der Waals surface area contributed by atoms with Gasteiger partial charge in [-0.25, -0.2) is 24.1 Å². The average Bonchev–Trinajstić information content (AvgIpc) is 3.13. The minimum atomic E-state index is -4.83. The van der Waals surface area contributed by atoms with Crippen molar-refractivity contribution in [1.82, 2.24) is 19.5 Å². The maximum absolute atomic E-state index is 13.9. The number of rotatable bonds is 5. The van der Waals surface area contributed by atoms with Crippen LogP contribution in [-0.4, -0.2) is 30.6 Å². The second kappa shape index (κ2) is 8.08. The molecule has 0 atom stereocenters. The van der Waals surface area contributed by atoms with E-state index in [9.17, 15) is 22.4 Å². The fourth-order valence-corrected chi connectivity index (χ4v) is 3.17. The lowest BCUT2D eigenvalue weighted by atomic mass is 10.2. The highest BCUT2D eigenvalue weighted by Crippen LogP contribution is 2.33. The molecule has 4 rings (SSSR count). The van der Waals surface area contributed by atoms with Crippen molar-refractivity contribution in [3.05, 3.63) is 76.6 Å². The summed E-state index contributed by atoms with van der Waals surface area (Å²) in [4.78, 5) is 22.7. The molecule has 0 spiro atoms. The molecule has 12 heteroatoms. The predicted octanol–water partition coefficient (Wildman–Crippen LogP) is 4.94. The second-order valence-electron chi connectivity index (χ2n) is 6.63. The van der Waals surface area contributed by atoms with Crippen LogP contribution in [0.15, 0.2) is 48.8 Å². The zero-order valence-corrected chi connectivity index (χ0v) is 16.6. The highest BCUT2D eigenvalue weighted by Gasteiger charge is 2.38. The van der Waals surface area contributed by atoms with Gasteiger partial charge in [0.15, 0.2) is 5.82 Å². The summed E-state index contributed by atoms with van der Waals surface area (Å²) in [6.45, 7) is 0.0524. The first-order chi connectivity index (χ1) is 15.1.